The van der Waals surface area contributed by atoms with E-state index in [1.54, 1.807) is 30.3 Å². The van der Waals surface area contributed by atoms with Gasteiger partial charge in [-0.3, -0.25) is 4.99 Å². The maximum atomic E-state index is 13.9. The smallest absolute Gasteiger partial charge is 0.354 e. The molecule has 0 unspecified atom stereocenters. The number of allylic oxidation sites excluding steroid dienone is 3. The highest BCUT2D eigenvalue weighted by Gasteiger charge is 2.28. The molecule has 1 N–H and O–H groups in total. The van der Waals surface area contributed by atoms with E-state index in [9.17, 15) is 23.1 Å². The second-order valence-corrected chi connectivity index (χ2v) is 9.63. The van der Waals surface area contributed by atoms with Crippen molar-refractivity contribution < 1.29 is 23.1 Å². The fourth-order valence-electron chi connectivity index (χ4n) is 4.96. The van der Waals surface area contributed by atoms with E-state index >= 15 is 0 Å². The van der Waals surface area contributed by atoms with Crippen LogP contribution < -0.4 is 15.8 Å². The van der Waals surface area contributed by atoms with Gasteiger partial charge in [0.1, 0.15) is 23.1 Å². The number of carbonyl (C=O) groups is 1. The van der Waals surface area contributed by atoms with Gasteiger partial charge in [0.25, 0.3) is 6.71 Å². The van der Waals surface area contributed by atoms with E-state index in [-0.39, 0.29) is 11.3 Å². The number of para-hydroxylation sites is 1. The Bertz CT molecular complexity index is 1670. The fourth-order valence-corrected chi connectivity index (χ4v) is 4.96. The molecule has 0 fully saturated rings. The quantitative estimate of drug-likeness (QED) is 0.159. The maximum absolute atomic E-state index is 13.9. The van der Waals surface area contributed by atoms with Crippen molar-refractivity contribution in [1.29, 1.82) is 0 Å². The lowest BCUT2D eigenvalue weighted by Crippen LogP contribution is -2.50. The summed E-state index contributed by atoms with van der Waals surface area (Å²) in [5.41, 5.74) is 4.49. The third-order valence-corrected chi connectivity index (χ3v) is 6.98. The lowest BCUT2D eigenvalue weighted by molar-refractivity contribution is -0.132. The molecule has 208 valence electrons. The summed E-state index contributed by atoms with van der Waals surface area (Å²) < 4.78 is 41.7. The molecule has 4 nitrogen and oxygen atoms in total. The van der Waals surface area contributed by atoms with Crippen molar-refractivity contribution in [2.75, 3.05) is 11.4 Å². The summed E-state index contributed by atoms with van der Waals surface area (Å²) in [6.07, 6.45) is 6.99. The van der Waals surface area contributed by atoms with E-state index in [1.165, 1.54) is 54.6 Å². The zero-order valence-corrected chi connectivity index (χ0v) is 22.7. The Morgan fingerprint density at radius 1 is 0.810 bits per heavy atom. The summed E-state index contributed by atoms with van der Waals surface area (Å²) in [7, 11) is 0. The summed E-state index contributed by atoms with van der Waals surface area (Å²) >= 11 is 0. The number of likely N-dealkylation sites (N-methyl/N-ethyl adjacent to an activating group) is 1. The van der Waals surface area contributed by atoms with Gasteiger partial charge in [-0.25, -0.2) is 18.0 Å². The van der Waals surface area contributed by atoms with Crippen LogP contribution in [0, 0.1) is 17.5 Å². The van der Waals surface area contributed by atoms with Crippen LogP contribution in [0.2, 0.25) is 0 Å². The second-order valence-electron chi connectivity index (χ2n) is 9.63. The van der Waals surface area contributed by atoms with Crippen molar-refractivity contribution in [2.45, 2.75) is 6.92 Å². The molecule has 1 aliphatic rings. The molecule has 1 heterocycles. The molecular weight excluding hydrogens is 536 g/mol. The molecule has 0 spiro atoms. The molecule has 0 aromatic heterocycles. The molecule has 0 atom stereocenters. The topological polar surface area (TPSA) is 52.9 Å². The van der Waals surface area contributed by atoms with E-state index in [1.807, 2.05) is 43.3 Å². The van der Waals surface area contributed by atoms with Gasteiger partial charge < -0.3 is 10.0 Å². The van der Waals surface area contributed by atoms with Crippen molar-refractivity contribution >= 4 is 41.0 Å². The van der Waals surface area contributed by atoms with Crippen LogP contribution in [0.5, 0.6) is 0 Å². The zero-order chi connectivity index (χ0) is 29.6. The van der Waals surface area contributed by atoms with Gasteiger partial charge >= 0.3 is 5.97 Å². The Labute approximate surface area is 242 Å². The largest absolute Gasteiger partial charge is 0.477 e. The molecule has 42 heavy (non-hydrogen) atoms. The molecule has 0 radical (unpaired) electrons. The van der Waals surface area contributed by atoms with Crippen molar-refractivity contribution in [1.82, 2.24) is 0 Å². The fraction of sp³-hybridized carbons (Fsp3) is 0.0588. The number of carboxylic acid groups (broad SMARTS) is 1. The highest BCUT2D eigenvalue weighted by molar-refractivity contribution is 7.10. The number of benzene rings is 4. The van der Waals surface area contributed by atoms with Gasteiger partial charge in [0.2, 0.25) is 0 Å². The van der Waals surface area contributed by atoms with E-state index in [0.29, 0.717) is 23.0 Å². The average molecular weight is 562 g/mol. The molecule has 0 saturated carbocycles. The second kappa shape index (κ2) is 12.6. The Hall–Kier alpha value is -5.11. The van der Waals surface area contributed by atoms with Gasteiger partial charge in [0.15, 0.2) is 0 Å². The highest BCUT2D eigenvalue weighted by Crippen LogP contribution is 2.30. The van der Waals surface area contributed by atoms with Crippen LogP contribution in [0.25, 0.3) is 6.08 Å². The predicted molar refractivity (Wildman–Crippen MR) is 163 cm³/mol. The minimum absolute atomic E-state index is 0.264. The summed E-state index contributed by atoms with van der Waals surface area (Å²) in [6, 6.07) is 24.9. The number of hydrogen-bond acceptors (Lipinski definition) is 3. The van der Waals surface area contributed by atoms with Gasteiger partial charge in [0.05, 0.1) is 0 Å². The summed E-state index contributed by atoms with van der Waals surface area (Å²) in [4.78, 5) is 19.2. The van der Waals surface area contributed by atoms with Gasteiger partial charge in [-0.2, -0.15) is 0 Å². The van der Waals surface area contributed by atoms with Gasteiger partial charge in [-0.05, 0) is 78.7 Å². The molecule has 8 heteroatoms. The Kier molecular flexibility index (Phi) is 8.53. The van der Waals surface area contributed by atoms with Crippen LogP contribution in [0.1, 0.15) is 18.1 Å². The lowest BCUT2D eigenvalue weighted by Gasteiger charge is -2.29. The standard InChI is InChI=1S/C34H26BF3N2O2/c1-2-40-30(20-9-23-5-3-4-6-32(23)40)21-22-31(34(41)42)39-33(24-7-14-27(36)15-8-24)35(25-10-16-28(37)17-11-25)26-12-18-29(38)19-13-26/h3-22H,2H2,1H3,(H,41,42). The number of hydrogen-bond donors (Lipinski definition) is 1. The Balaban J connectivity index is 1.68. The predicted octanol–water partition coefficient (Wildman–Crippen LogP) is 6.15. The first kappa shape index (κ1) is 28.4. The van der Waals surface area contributed by atoms with E-state index < -0.39 is 30.1 Å². The number of rotatable bonds is 8. The SMILES string of the molecule is CCN1C(=CC=C(N=C(B(c2ccc(F)cc2)c2ccc(F)cc2)c2ccc(F)cc2)C(=O)O)C=Cc2ccccc21. The summed E-state index contributed by atoms with van der Waals surface area (Å²) in [5, 5.41) is 10.2. The van der Waals surface area contributed by atoms with Crippen molar-refractivity contribution in [3.63, 3.8) is 0 Å². The maximum Gasteiger partial charge on any atom is 0.354 e. The minimum Gasteiger partial charge on any atom is -0.477 e. The number of carboxylic acids is 1. The lowest BCUT2D eigenvalue weighted by atomic mass is 9.36. The van der Waals surface area contributed by atoms with Crippen molar-refractivity contribution in [2.24, 2.45) is 4.99 Å². The average Bonchev–Trinajstić information content (AvgIpc) is 3.00. The normalized spacial score (nSPS) is 14.2. The number of aliphatic carboxylic acids is 1. The molecule has 4 aromatic rings. The van der Waals surface area contributed by atoms with Gasteiger partial charge in [-0.15, -0.1) is 0 Å². The van der Waals surface area contributed by atoms with Crippen LogP contribution in [-0.4, -0.2) is 29.9 Å². The summed E-state index contributed by atoms with van der Waals surface area (Å²) in [5.74, 6) is -2.64. The van der Waals surface area contributed by atoms with E-state index in [0.717, 1.165) is 16.9 Å². The van der Waals surface area contributed by atoms with E-state index in [4.69, 9.17) is 0 Å². The van der Waals surface area contributed by atoms with Crippen molar-refractivity contribution in [3.05, 3.63) is 155 Å². The van der Waals surface area contributed by atoms with Crippen LogP contribution >= 0.6 is 0 Å². The Morgan fingerprint density at radius 2 is 1.36 bits per heavy atom. The van der Waals surface area contributed by atoms with Gasteiger partial charge in [0, 0.05) is 23.5 Å². The number of halogens is 3. The number of anilines is 1. The minimum atomic E-state index is -1.27. The molecule has 0 amide bonds. The van der Waals surface area contributed by atoms with Crippen molar-refractivity contribution in [3.8, 4) is 0 Å². The molecule has 5 rings (SSSR count). The summed E-state index contributed by atoms with van der Waals surface area (Å²) in [6.45, 7) is 1.94. The first-order valence-corrected chi connectivity index (χ1v) is 13.4. The molecule has 1 aliphatic heterocycles. The van der Waals surface area contributed by atoms with E-state index in [2.05, 4.69) is 9.89 Å². The first-order chi connectivity index (χ1) is 20.3. The van der Waals surface area contributed by atoms with Gasteiger partial charge in [-0.1, -0.05) is 71.6 Å². The molecular formula is C34H26BF3N2O2. The van der Waals surface area contributed by atoms with Crippen LogP contribution in [0.15, 0.2) is 132 Å². The third-order valence-electron chi connectivity index (χ3n) is 6.98. The van der Waals surface area contributed by atoms with Crippen LogP contribution in [0.4, 0.5) is 18.9 Å². The number of fused-ring (bicyclic) bond motifs is 1. The highest BCUT2D eigenvalue weighted by atomic mass is 19.1. The van der Waals surface area contributed by atoms with Crippen LogP contribution in [0.3, 0.4) is 0 Å². The third kappa shape index (κ3) is 6.28. The molecule has 0 saturated heterocycles. The molecule has 0 bridgehead atoms. The molecule has 4 aromatic carbocycles. The monoisotopic (exact) mass is 562 g/mol. The Morgan fingerprint density at radius 3 is 1.90 bits per heavy atom. The zero-order valence-electron chi connectivity index (χ0n) is 22.7. The first-order valence-electron chi connectivity index (χ1n) is 13.4. The molecule has 0 aliphatic carbocycles. The van der Waals surface area contributed by atoms with Crippen LogP contribution in [-0.2, 0) is 4.79 Å². The number of aliphatic imine (C=N–C) groups is 1. The number of nitrogens with zero attached hydrogens (tertiary/aromatic N) is 2.